The molecule has 2 atom stereocenters. The van der Waals surface area contributed by atoms with Gasteiger partial charge in [-0.05, 0) is 45.7 Å². The maximum absolute atomic E-state index is 2.33. The molecule has 0 aromatic heterocycles. The van der Waals surface area contributed by atoms with Gasteiger partial charge in [-0.1, -0.05) is 60.7 Å². The van der Waals surface area contributed by atoms with Crippen LogP contribution in [0.3, 0.4) is 0 Å². The van der Waals surface area contributed by atoms with E-state index in [4.69, 9.17) is 0 Å². The van der Waals surface area contributed by atoms with Gasteiger partial charge in [0.1, 0.15) is 0 Å². The number of hydrogen-bond acceptors (Lipinski definition) is 4. The summed E-state index contributed by atoms with van der Waals surface area (Å²) in [5.74, 6) is 2.19. The number of hydrogen-bond donors (Lipinski definition) is 0. The summed E-state index contributed by atoms with van der Waals surface area (Å²) in [5, 5.41) is 1.29. The van der Waals surface area contributed by atoms with Gasteiger partial charge in [-0.15, -0.1) is 0 Å². The fourth-order valence-corrected chi connectivity index (χ4v) is 5.98. The zero-order valence-electron chi connectivity index (χ0n) is 17.2. The lowest BCUT2D eigenvalue weighted by molar-refractivity contribution is 0.373. The molecule has 2 nitrogen and oxygen atoms in total. The van der Waals surface area contributed by atoms with Crippen molar-refractivity contribution in [2.45, 2.75) is 28.4 Å². The summed E-state index contributed by atoms with van der Waals surface area (Å²) in [6.07, 6.45) is 1.24. The maximum atomic E-state index is 2.33. The van der Waals surface area contributed by atoms with Crippen molar-refractivity contribution in [3.05, 3.63) is 71.8 Å². The van der Waals surface area contributed by atoms with E-state index in [9.17, 15) is 0 Å². The van der Waals surface area contributed by atoms with E-state index in [0.29, 0.717) is 10.5 Å². The van der Waals surface area contributed by atoms with Gasteiger partial charge in [0, 0.05) is 35.1 Å². The minimum absolute atomic E-state index is 0.647. The Morgan fingerprint density at radius 2 is 1.00 bits per heavy atom. The molecule has 148 valence electrons. The van der Waals surface area contributed by atoms with E-state index in [2.05, 4.69) is 122 Å². The average molecular weight is 403 g/mol. The van der Waals surface area contributed by atoms with Crippen molar-refractivity contribution in [2.75, 3.05) is 41.3 Å². The van der Waals surface area contributed by atoms with E-state index in [-0.39, 0.29) is 0 Å². The normalized spacial score (nSPS) is 13.9. The molecule has 2 rings (SSSR count). The Morgan fingerprint density at radius 1 is 0.630 bits per heavy atom. The number of rotatable bonds is 12. The van der Waals surface area contributed by atoms with Crippen LogP contribution in [0.4, 0.5) is 0 Å². The third kappa shape index (κ3) is 9.70. The van der Waals surface area contributed by atoms with Crippen molar-refractivity contribution in [1.82, 2.24) is 9.80 Å². The Hall–Kier alpha value is -0.940. The third-order valence-electron chi connectivity index (χ3n) is 4.32. The smallest absolute Gasteiger partial charge is 0.0189 e. The van der Waals surface area contributed by atoms with Gasteiger partial charge in [-0.2, -0.15) is 23.5 Å². The minimum atomic E-state index is 0.647. The van der Waals surface area contributed by atoms with Gasteiger partial charge in [0.15, 0.2) is 0 Å². The second-order valence-corrected chi connectivity index (χ2v) is 10.2. The molecule has 2 aromatic carbocycles. The molecule has 2 unspecified atom stereocenters. The topological polar surface area (TPSA) is 6.48 Å². The second kappa shape index (κ2) is 12.5. The van der Waals surface area contributed by atoms with E-state index in [1.807, 2.05) is 0 Å². The molecule has 0 amide bonds. The van der Waals surface area contributed by atoms with Crippen LogP contribution in [0.15, 0.2) is 60.7 Å². The Kier molecular flexibility index (Phi) is 10.4. The van der Waals surface area contributed by atoms with Crippen LogP contribution in [0.2, 0.25) is 0 Å². The van der Waals surface area contributed by atoms with Gasteiger partial charge in [-0.25, -0.2) is 0 Å². The second-order valence-electron chi connectivity index (χ2n) is 7.60. The van der Waals surface area contributed by atoms with Crippen molar-refractivity contribution in [2.24, 2.45) is 0 Å². The molecule has 0 saturated heterocycles. The van der Waals surface area contributed by atoms with E-state index in [1.54, 1.807) is 0 Å². The quantitative estimate of drug-likeness (QED) is 0.487. The van der Waals surface area contributed by atoms with Crippen molar-refractivity contribution in [3.63, 3.8) is 0 Å². The molecule has 0 heterocycles. The van der Waals surface area contributed by atoms with Gasteiger partial charge in [-0.3, -0.25) is 0 Å². The molecule has 0 fully saturated rings. The zero-order valence-corrected chi connectivity index (χ0v) is 18.8. The van der Waals surface area contributed by atoms with Crippen LogP contribution in [-0.4, -0.2) is 61.6 Å². The first-order valence-corrected chi connectivity index (χ1v) is 11.7. The molecule has 2 aromatic rings. The highest BCUT2D eigenvalue weighted by atomic mass is 32.2. The van der Waals surface area contributed by atoms with E-state index >= 15 is 0 Å². The highest BCUT2D eigenvalue weighted by Gasteiger charge is 2.19. The molecular formula is C23H34N2S2. The third-order valence-corrected chi connectivity index (χ3v) is 6.95. The van der Waals surface area contributed by atoms with Gasteiger partial charge in [0.25, 0.3) is 0 Å². The number of benzene rings is 2. The Morgan fingerprint density at radius 3 is 1.33 bits per heavy atom. The summed E-state index contributed by atoms with van der Waals surface area (Å²) >= 11 is 4.21. The molecule has 0 aliphatic heterocycles. The predicted molar refractivity (Wildman–Crippen MR) is 125 cm³/mol. The van der Waals surface area contributed by atoms with E-state index in [0.717, 1.165) is 24.6 Å². The van der Waals surface area contributed by atoms with Crippen LogP contribution >= 0.6 is 23.5 Å². The fourth-order valence-electron chi connectivity index (χ4n) is 3.07. The standard InChI is InChI=1S/C23H34N2S2/c1-24(2)16-22(26-18-20-11-7-5-8-12-20)15-23(17-25(3)4)27-19-21-13-9-6-10-14-21/h5-14,22-23H,15-19H2,1-4H3. The molecule has 27 heavy (non-hydrogen) atoms. The highest BCUT2D eigenvalue weighted by molar-refractivity contribution is 8.00. The van der Waals surface area contributed by atoms with Crippen LogP contribution < -0.4 is 0 Å². The van der Waals surface area contributed by atoms with E-state index in [1.165, 1.54) is 17.5 Å². The lowest BCUT2D eigenvalue weighted by Gasteiger charge is -2.27. The molecular weight excluding hydrogens is 368 g/mol. The average Bonchev–Trinajstić information content (AvgIpc) is 2.65. The van der Waals surface area contributed by atoms with E-state index < -0.39 is 0 Å². The summed E-state index contributed by atoms with van der Waals surface area (Å²) in [5.41, 5.74) is 2.85. The summed E-state index contributed by atoms with van der Waals surface area (Å²) in [6, 6.07) is 21.7. The van der Waals surface area contributed by atoms with Crippen LogP contribution in [0, 0.1) is 0 Å². The molecule has 0 saturated carbocycles. The Labute approximate surface area is 174 Å². The molecule has 0 aliphatic rings. The highest BCUT2D eigenvalue weighted by Crippen LogP contribution is 2.28. The van der Waals surface area contributed by atoms with Gasteiger partial charge < -0.3 is 9.80 Å². The van der Waals surface area contributed by atoms with Crippen LogP contribution in [0.5, 0.6) is 0 Å². The molecule has 0 N–H and O–H groups in total. The lowest BCUT2D eigenvalue weighted by Crippen LogP contribution is -2.31. The van der Waals surface area contributed by atoms with Crippen molar-refractivity contribution < 1.29 is 0 Å². The number of thioether (sulfide) groups is 2. The molecule has 0 aliphatic carbocycles. The SMILES string of the molecule is CN(C)CC(CC(CN(C)C)SCc1ccccc1)SCc1ccccc1. The molecule has 0 bridgehead atoms. The van der Waals surface area contributed by atoms with Crippen molar-refractivity contribution in [3.8, 4) is 0 Å². The summed E-state index contributed by atoms with van der Waals surface area (Å²) in [4.78, 5) is 4.66. The van der Waals surface area contributed by atoms with Gasteiger partial charge in [0.05, 0.1) is 0 Å². The predicted octanol–water partition coefficient (Wildman–Crippen LogP) is 5.10. The summed E-state index contributed by atoms with van der Waals surface area (Å²) < 4.78 is 0. The summed E-state index contributed by atoms with van der Waals surface area (Å²) in [7, 11) is 8.75. The lowest BCUT2D eigenvalue weighted by atomic mass is 10.2. The monoisotopic (exact) mass is 402 g/mol. The molecule has 0 radical (unpaired) electrons. The van der Waals surface area contributed by atoms with Crippen molar-refractivity contribution >= 4 is 23.5 Å². The molecule has 0 spiro atoms. The summed E-state index contributed by atoms with van der Waals surface area (Å²) in [6.45, 7) is 2.26. The Bertz CT molecular complexity index is 561. The number of nitrogens with zero attached hydrogens (tertiary/aromatic N) is 2. The van der Waals surface area contributed by atoms with Crippen LogP contribution in [0.1, 0.15) is 17.5 Å². The van der Waals surface area contributed by atoms with Gasteiger partial charge >= 0.3 is 0 Å². The largest absolute Gasteiger partial charge is 0.308 e. The fraction of sp³-hybridized carbons (Fsp3) is 0.478. The first-order valence-electron chi connectivity index (χ1n) is 9.63. The van der Waals surface area contributed by atoms with Gasteiger partial charge in [0.2, 0.25) is 0 Å². The maximum Gasteiger partial charge on any atom is 0.0189 e. The first kappa shape index (κ1) is 22.4. The molecule has 4 heteroatoms. The van der Waals surface area contributed by atoms with Crippen LogP contribution in [-0.2, 0) is 11.5 Å². The van der Waals surface area contributed by atoms with Crippen LogP contribution in [0.25, 0.3) is 0 Å². The first-order chi connectivity index (χ1) is 13.0. The minimum Gasteiger partial charge on any atom is -0.308 e. The Balaban J connectivity index is 1.95. The van der Waals surface area contributed by atoms with Crippen molar-refractivity contribution in [1.29, 1.82) is 0 Å². The zero-order chi connectivity index (χ0) is 19.5.